The van der Waals surface area contributed by atoms with Gasteiger partial charge in [0.15, 0.2) is 0 Å². The summed E-state index contributed by atoms with van der Waals surface area (Å²) in [5, 5.41) is 3.55. The second-order valence-corrected chi connectivity index (χ2v) is 8.20. The van der Waals surface area contributed by atoms with Crippen molar-refractivity contribution in [1.82, 2.24) is 5.32 Å². The largest absolute Gasteiger partial charge is 0.370 e. The van der Waals surface area contributed by atoms with Crippen LogP contribution in [0.2, 0.25) is 0 Å². The van der Waals surface area contributed by atoms with Crippen LogP contribution in [0.5, 0.6) is 0 Å². The molecule has 20 heavy (non-hydrogen) atoms. The highest BCUT2D eigenvalue weighted by Gasteiger charge is 2.62. The lowest BCUT2D eigenvalue weighted by Gasteiger charge is -2.43. The standard InChI is InChI=1S/C18H35NO/c1-7-11-19-13-17(5,8-2)20-15-12-14-9-10-18(15,6)16(14,3)4/h14-15,19H,7-13H2,1-6H3. The van der Waals surface area contributed by atoms with Crippen LogP contribution in [-0.2, 0) is 4.74 Å². The predicted molar refractivity (Wildman–Crippen MR) is 86.0 cm³/mol. The zero-order chi connectivity index (χ0) is 15.0. The summed E-state index contributed by atoms with van der Waals surface area (Å²) < 4.78 is 6.70. The third kappa shape index (κ3) is 2.54. The minimum atomic E-state index is -0.0105. The minimum absolute atomic E-state index is 0.0105. The molecule has 0 spiro atoms. The van der Waals surface area contributed by atoms with Gasteiger partial charge in [-0.25, -0.2) is 0 Å². The molecule has 118 valence electrons. The van der Waals surface area contributed by atoms with E-state index >= 15 is 0 Å². The molecule has 0 heterocycles. The first-order chi connectivity index (χ1) is 9.29. The molecule has 4 unspecified atom stereocenters. The van der Waals surface area contributed by atoms with Gasteiger partial charge in [-0.3, -0.25) is 0 Å². The second kappa shape index (κ2) is 5.61. The lowest BCUT2D eigenvalue weighted by atomic mass is 9.70. The van der Waals surface area contributed by atoms with Crippen LogP contribution in [0.15, 0.2) is 0 Å². The van der Waals surface area contributed by atoms with Gasteiger partial charge in [-0.05, 0) is 62.3 Å². The summed E-state index contributed by atoms with van der Waals surface area (Å²) in [6.07, 6.45) is 6.74. The molecule has 0 aliphatic heterocycles. The van der Waals surface area contributed by atoms with E-state index in [9.17, 15) is 0 Å². The molecule has 1 N–H and O–H groups in total. The Morgan fingerprint density at radius 3 is 2.40 bits per heavy atom. The average molecular weight is 281 g/mol. The van der Waals surface area contributed by atoms with Gasteiger partial charge in [0, 0.05) is 6.54 Å². The van der Waals surface area contributed by atoms with E-state index in [2.05, 4.69) is 46.9 Å². The van der Waals surface area contributed by atoms with Crippen molar-refractivity contribution < 1.29 is 4.74 Å². The molecule has 2 aliphatic carbocycles. The average Bonchev–Trinajstić information content (AvgIpc) is 2.72. The van der Waals surface area contributed by atoms with E-state index < -0.39 is 0 Å². The Bertz CT molecular complexity index is 340. The van der Waals surface area contributed by atoms with Crippen LogP contribution < -0.4 is 5.32 Å². The van der Waals surface area contributed by atoms with Crippen LogP contribution >= 0.6 is 0 Å². The van der Waals surface area contributed by atoms with Gasteiger partial charge in [0.2, 0.25) is 0 Å². The summed E-state index contributed by atoms with van der Waals surface area (Å²) in [5.74, 6) is 0.863. The smallest absolute Gasteiger partial charge is 0.0779 e. The topological polar surface area (TPSA) is 21.3 Å². The third-order valence-corrected chi connectivity index (χ3v) is 6.81. The van der Waals surface area contributed by atoms with E-state index in [1.807, 2.05) is 0 Å². The van der Waals surface area contributed by atoms with Crippen LogP contribution in [0.4, 0.5) is 0 Å². The van der Waals surface area contributed by atoms with Gasteiger partial charge in [0.05, 0.1) is 11.7 Å². The molecule has 2 heteroatoms. The molecule has 0 amide bonds. The fraction of sp³-hybridized carbons (Fsp3) is 1.00. The number of ether oxygens (including phenoxy) is 1. The summed E-state index contributed by atoms with van der Waals surface area (Å²) >= 11 is 0. The molecule has 2 saturated carbocycles. The highest BCUT2D eigenvalue weighted by molar-refractivity contribution is 5.11. The summed E-state index contributed by atoms with van der Waals surface area (Å²) in [4.78, 5) is 0. The van der Waals surface area contributed by atoms with Gasteiger partial charge in [0.25, 0.3) is 0 Å². The van der Waals surface area contributed by atoms with Crippen molar-refractivity contribution in [2.24, 2.45) is 16.7 Å². The molecule has 2 bridgehead atoms. The fourth-order valence-electron chi connectivity index (χ4n) is 4.43. The first-order valence-electron chi connectivity index (χ1n) is 8.67. The molecule has 0 aromatic heterocycles. The van der Waals surface area contributed by atoms with E-state index in [1.165, 1.54) is 25.7 Å². The first kappa shape index (κ1) is 16.3. The van der Waals surface area contributed by atoms with Crippen molar-refractivity contribution in [2.75, 3.05) is 13.1 Å². The van der Waals surface area contributed by atoms with Gasteiger partial charge < -0.3 is 10.1 Å². The molecule has 2 fully saturated rings. The summed E-state index contributed by atoms with van der Waals surface area (Å²) in [5.41, 5.74) is 0.811. The summed E-state index contributed by atoms with van der Waals surface area (Å²) in [6.45, 7) is 16.2. The van der Waals surface area contributed by atoms with Crippen molar-refractivity contribution in [1.29, 1.82) is 0 Å². The Morgan fingerprint density at radius 1 is 1.25 bits per heavy atom. The molecule has 2 rings (SSSR count). The van der Waals surface area contributed by atoms with Crippen LogP contribution in [0.25, 0.3) is 0 Å². The zero-order valence-corrected chi connectivity index (χ0v) is 14.5. The fourth-order valence-corrected chi connectivity index (χ4v) is 4.43. The van der Waals surface area contributed by atoms with Crippen molar-refractivity contribution in [2.45, 2.75) is 85.4 Å². The number of hydrogen-bond acceptors (Lipinski definition) is 2. The van der Waals surface area contributed by atoms with E-state index in [-0.39, 0.29) is 5.60 Å². The highest BCUT2D eigenvalue weighted by Crippen LogP contribution is 2.66. The maximum absolute atomic E-state index is 6.70. The Hall–Kier alpha value is -0.0800. The van der Waals surface area contributed by atoms with Crippen molar-refractivity contribution in [3.63, 3.8) is 0 Å². The summed E-state index contributed by atoms with van der Waals surface area (Å²) in [7, 11) is 0. The Kier molecular flexibility index (Phi) is 4.57. The van der Waals surface area contributed by atoms with Crippen LogP contribution in [-0.4, -0.2) is 24.8 Å². The predicted octanol–water partition coefficient (Wildman–Crippen LogP) is 4.39. The maximum Gasteiger partial charge on any atom is 0.0779 e. The number of nitrogens with one attached hydrogen (secondary N) is 1. The molecule has 2 aliphatic rings. The monoisotopic (exact) mass is 281 g/mol. The number of hydrogen-bond donors (Lipinski definition) is 1. The van der Waals surface area contributed by atoms with Crippen LogP contribution in [0.3, 0.4) is 0 Å². The van der Waals surface area contributed by atoms with Crippen molar-refractivity contribution in [3.8, 4) is 0 Å². The van der Waals surface area contributed by atoms with E-state index in [4.69, 9.17) is 4.74 Å². The Labute approximate surface area is 126 Å². The van der Waals surface area contributed by atoms with Crippen molar-refractivity contribution in [3.05, 3.63) is 0 Å². The maximum atomic E-state index is 6.70. The number of fused-ring (bicyclic) bond motifs is 2. The quantitative estimate of drug-likeness (QED) is 0.699. The van der Waals surface area contributed by atoms with Crippen LogP contribution in [0.1, 0.15) is 73.6 Å². The Balaban J connectivity index is 2.02. The van der Waals surface area contributed by atoms with Crippen molar-refractivity contribution >= 4 is 0 Å². The summed E-state index contributed by atoms with van der Waals surface area (Å²) in [6, 6.07) is 0. The lowest BCUT2D eigenvalue weighted by molar-refractivity contribution is -0.135. The molecular weight excluding hydrogens is 246 g/mol. The zero-order valence-electron chi connectivity index (χ0n) is 14.5. The molecular formula is C18H35NO. The van der Waals surface area contributed by atoms with Crippen LogP contribution in [0, 0.1) is 16.7 Å². The molecule has 4 atom stereocenters. The third-order valence-electron chi connectivity index (χ3n) is 6.81. The van der Waals surface area contributed by atoms with Gasteiger partial charge in [-0.15, -0.1) is 0 Å². The van der Waals surface area contributed by atoms with Gasteiger partial charge >= 0.3 is 0 Å². The first-order valence-corrected chi connectivity index (χ1v) is 8.67. The SMILES string of the molecule is CCCNCC(C)(CC)OC1CC2CCC1(C)C2(C)C. The molecule has 0 radical (unpaired) electrons. The molecule has 2 nitrogen and oxygen atoms in total. The number of rotatable bonds is 7. The van der Waals surface area contributed by atoms with Gasteiger partial charge in [-0.1, -0.05) is 34.6 Å². The second-order valence-electron chi connectivity index (χ2n) is 8.20. The van der Waals surface area contributed by atoms with E-state index in [0.717, 1.165) is 25.4 Å². The minimum Gasteiger partial charge on any atom is -0.370 e. The normalized spacial score (nSPS) is 38.1. The van der Waals surface area contributed by atoms with E-state index in [1.54, 1.807) is 0 Å². The van der Waals surface area contributed by atoms with Gasteiger partial charge in [0.1, 0.15) is 0 Å². The highest BCUT2D eigenvalue weighted by atomic mass is 16.5. The molecule has 0 saturated heterocycles. The molecule has 0 aromatic rings. The Morgan fingerprint density at radius 2 is 1.95 bits per heavy atom. The van der Waals surface area contributed by atoms with Gasteiger partial charge in [-0.2, -0.15) is 0 Å². The molecule has 0 aromatic carbocycles. The lowest BCUT2D eigenvalue weighted by Crippen LogP contribution is -2.47. The van der Waals surface area contributed by atoms with E-state index in [0.29, 0.717) is 16.9 Å².